The lowest BCUT2D eigenvalue weighted by atomic mass is 9.92. The number of nitrogens with zero attached hydrogens (tertiary/aromatic N) is 3. The molecule has 1 aliphatic rings. The number of hydrogen-bond donors (Lipinski definition) is 0. The molecular formula is C21H25N3. The van der Waals surface area contributed by atoms with Gasteiger partial charge >= 0.3 is 0 Å². The van der Waals surface area contributed by atoms with Gasteiger partial charge in [0, 0.05) is 12.7 Å². The van der Waals surface area contributed by atoms with Crippen molar-refractivity contribution in [1.29, 1.82) is 0 Å². The molecule has 1 heterocycles. The molecule has 1 aliphatic heterocycles. The van der Waals surface area contributed by atoms with Crippen LogP contribution in [0, 0.1) is 41.2 Å². The first kappa shape index (κ1) is 16.4. The third-order valence-electron chi connectivity index (χ3n) is 5.86. The second-order valence-electron chi connectivity index (χ2n) is 6.87. The Kier molecular flexibility index (Phi) is 3.80. The highest BCUT2D eigenvalue weighted by Gasteiger charge is 2.34. The maximum atomic E-state index is 7.35. The number of benzene rings is 2. The Hall–Kier alpha value is -2.47. The van der Waals surface area contributed by atoms with E-state index in [0.717, 1.165) is 5.69 Å². The quantitative estimate of drug-likeness (QED) is 0.623. The lowest BCUT2D eigenvalue weighted by Crippen LogP contribution is -2.36. The largest absolute Gasteiger partial charge is 0.353 e. The predicted octanol–water partition coefficient (Wildman–Crippen LogP) is 5.71. The van der Waals surface area contributed by atoms with Gasteiger partial charge in [-0.25, -0.2) is 4.85 Å². The fourth-order valence-electron chi connectivity index (χ4n) is 3.80. The van der Waals surface area contributed by atoms with Crippen LogP contribution in [-0.2, 0) is 0 Å². The van der Waals surface area contributed by atoms with E-state index in [1.807, 2.05) is 12.1 Å². The number of anilines is 3. The Morgan fingerprint density at radius 3 is 1.96 bits per heavy atom. The minimum atomic E-state index is 0.222. The molecule has 3 heteroatoms. The van der Waals surface area contributed by atoms with E-state index in [0.29, 0.717) is 5.69 Å². The van der Waals surface area contributed by atoms with Gasteiger partial charge in [0.1, 0.15) is 6.17 Å². The first-order valence-electron chi connectivity index (χ1n) is 8.40. The molecule has 0 saturated heterocycles. The van der Waals surface area contributed by atoms with E-state index in [1.165, 1.54) is 39.2 Å². The van der Waals surface area contributed by atoms with Crippen LogP contribution in [0.3, 0.4) is 0 Å². The number of rotatable bonds is 1. The molecule has 0 radical (unpaired) electrons. The van der Waals surface area contributed by atoms with Crippen LogP contribution >= 0.6 is 0 Å². The molecule has 0 aromatic heterocycles. The molecule has 0 spiro atoms. The highest BCUT2D eigenvalue weighted by molar-refractivity contribution is 5.88. The van der Waals surface area contributed by atoms with Crippen molar-refractivity contribution >= 4 is 22.7 Å². The highest BCUT2D eigenvalue weighted by atomic mass is 15.4. The summed E-state index contributed by atoms with van der Waals surface area (Å²) in [6, 6.07) is 5.99. The van der Waals surface area contributed by atoms with Crippen molar-refractivity contribution in [3.8, 4) is 0 Å². The van der Waals surface area contributed by atoms with Crippen LogP contribution in [0.2, 0.25) is 0 Å². The van der Waals surface area contributed by atoms with Gasteiger partial charge in [0.2, 0.25) is 0 Å². The summed E-state index contributed by atoms with van der Waals surface area (Å²) in [5, 5.41) is 0. The van der Waals surface area contributed by atoms with E-state index in [9.17, 15) is 0 Å². The first-order valence-corrected chi connectivity index (χ1v) is 8.40. The third-order valence-corrected chi connectivity index (χ3v) is 5.86. The standard InChI is InChI=1S/C21H25N3/c1-12-13(2)15(4)21(16(5)14(12)3)24-17(6)23(8)19-10-9-18(22-7)11-20(19)24/h9-11,17H,1-6,8H3/t17-/m0/s1. The molecule has 0 fully saturated rings. The summed E-state index contributed by atoms with van der Waals surface area (Å²) in [7, 11) is 2.12. The molecular weight excluding hydrogens is 294 g/mol. The van der Waals surface area contributed by atoms with Crippen molar-refractivity contribution < 1.29 is 0 Å². The normalized spacial score (nSPS) is 16.3. The zero-order chi connectivity index (χ0) is 17.8. The molecule has 0 unspecified atom stereocenters. The number of fused-ring (bicyclic) bond motifs is 1. The summed E-state index contributed by atoms with van der Waals surface area (Å²) in [6.45, 7) is 20.6. The molecule has 0 amide bonds. The van der Waals surface area contributed by atoms with E-state index in [4.69, 9.17) is 6.57 Å². The van der Waals surface area contributed by atoms with Crippen molar-refractivity contribution in [2.24, 2.45) is 0 Å². The van der Waals surface area contributed by atoms with Crippen molar-refractivity contribution in [3.05, 3.63) is 57.4 Å². The molecule has 3 nitrogen and oxygen atoms in total. The van der Waals surface area contributed by atoms with Gasteiger partial charge in [-0.1, -0.05) is 6.07 Å². The van der Waals surface area contributed by atoms with E-state index in [1.54, 1.807) is 0 Å². The predicted molar refractivity (Wildman–Crippen MR) is 103 cm³/mol. The molecule has 0 aliphatic carbocycles. The van der Waals surface area contributed by atoms with Crippen LogP contribution in [0.5, 0.6) is 0 Å². The molecule has 2 aromatic carbocycles. The van der Waals surface area contributed by atoms with Crippen molar-refractivity contribution in [3.63, 3.8) is 0 Å². The fraction of sp³-hybridized carbons (Fsp3) is 0.381. The molecule has 124 valence electrons. The minimum absolute atomic E-state index is 0.222. The van der Waals surface area contributed by atoms with Gasteiger partial charge in [0.25, 0.3) is 0 Å². The van der Waals surface area contributed by atoms with Crippen molar-refractivity contribution in [2.45, 2.75) is 47.7 Å². The average Bonchev–Trinajstić information content (AvgIpc) is 2.83. The zero-order valence-electron chi connectivity index (χ0n) is 15.7. The molecule has 0 bridgehead atoms. The van der Waals surface area contributed by atoms with Gasteiger partial charge in [-0.2, -0.15) is 0 Å². The Morgan fingerprint density at radius 1 is 0.875 bits per heavy atom. The monoisotopic (exact) mass is 319 g/mol. The Labute approximate surface area is 145 Å². The van der Waals surface area contributed by atoms with Crippen LogP contribution in [-0.4, -0.2) is 13.2 Å². The van der Waals surface area contributed by atoms with Crippen molar-refractivity contribution in [2.75, 3.05) is 16.8 Å². The summed E-state index contributed by atoms with van der Waals surface area (Å²) >= 11 is 0. The van der Waals surface area contributed by atoms with E-state index in [2.05, 4.69) is 69.3 Å². The van der Waals surface area contributed by atoms with Gasteiger partial charge in [0.05, 0.1) is 17.9 Å². The molecule has 24 heavy (non-hydrogen) atoms. The highest BCUT2D eigenvalue weighted by Crippen LogP contribution is 2.48. The molecule has 0 N–H and O–H groups in total. The van der Waals surface area contributed by atoms with Crippen LogP contribution in [0.1, 0.15) is 34.7 Å². The molecule has 3 rings (SSSR count). The Bertz CT molecular complexity index is 845. The maximum absolute atomic E-state index is 7.35. The van der Waals surface area contributed by atoms with Gasteiger partial charge in [-0.05, 0) is 81.5 Å². The Balaban J connectivity index is 2.32. The number of hydrogen-bond acceptors (Lipinski definition) is 2. The summed E-state index contributed by atoms with van der Waals surface area (Å²) < 4.78 is 0. The second kappa shape index (κ2) is 5.56. The van der Waals surface area contributed by atoms with Crippen LogP contribution < -0.4 is 9.80 Å². The van der Waals surface area contributed by atoms with Crippen molar-refractivity contribution in [1.82, 2.24) is 0 Å². The van der Waals surface area contributed by atoms with Gasteiger partial charge in [0.15, 0.2) is 5.69 Å². The fourth-order valence-corrected chi connectivity index (χ4v) is 3.80. The van der Waals surface area contributed by atoms with E-state index in [-0.39, 0.29) is 6.17 Å². The van der Waals surface area contributed by atoms with E-state index < -0.39 is 0 Å². The zero-order valence-corrected chi connectivity index (χ0v) is 15.7. The first-order chi connectivity index (χ1) is 11.3. The smallest absolute Gasteiger partial charge is 0.189 e. The summed E-state index contributed by atoms with van der Waals surface area (Å²) in [5.74, 6) is 0. The molecule has 0 saturated carbocycles. The summed E-state index contributed by atoms with van der Waals surface area (Å²) in [4.78, 5) is 8.31. The molecule has 2 aromatic rings. The maximum Gasteiger partial charge on any atom is 0.189 e. The second-order valence-corrected chi connectivity index (χ2v) is 6.87. The van der Waals surface area contributed by atoms with Gasteiger partial charge in [-0.15, -0.1) is 0 Å². The van der Waals surface area contributed by atoms with E-state index >= 15 is 0 Å². The average molecular weight is 319 g/mol. The van der Waals surface area contributed by atoms with Crippen LogP contribution in [0.25, 0.3) is 4.85 Å². The summed E-state index contributed by atoms with van der Waals surface area (Å²) in [5.41, 5.74) is 11.1. The lowest BCUT2D eigenvalue weighted by Gasteiger charge is -2.32. The third kappa shape index (κ3) is 2.10. The van der Waals surface area contributed by atoms with Gasteiger partial charge in [-0.3, -0.25) is 0 Å². The molecule has 1 atom stereocenters. The Morgan fingerprint density at radius 2 is 1.42 bits per heavy atom. The topological polar surface area (TPSA) is 10.8 Å². The van der Waals surface area contributed by atoms with Crippen LogP contribution in [0.4, 0.5) is 22.7 Å². The van der Waals surface area contributed by atoms with Gasteiger partial charge < -0.3 is 9.80 Å². The SMILES string of the molecule is [C-]#[N+]c1ccc2c(c1)N(c1c(C)c(C)c(C)c(C)c1C)[C@@H](C)N2C. The van der Waals surface area contributed by atoms with Crippen LogP contribution in [0.15, 0.2) is 18.2 Å². The minimum Gasteiger partial charge on any atom is -0.353 e. The summed E-state index contributed by atoms with van der Waals surface area (Å²) in [6.07, 6.45) is 0.222. The lowest BCUT2D eigenvalue weighted by molar-refractivity contribution is 0.730.